The number of carboxylic acid groups (broad SMARTS) is 1. The first-order chi connectivity index (χ1) is 16.7. The predicted octanol–water partition coefficient (Wildman–Crippen LogP) is 2.33. The summed E-state index contributed by atoms with van der Waals surface area (Å²) in [5, 5.41) is 22.7. The van der Waals surface area contributed by atoms with Crippen molar-refractivity contribution in [1.82, 2.24) is 20.0 Å². The topological polar surface area (TPSA) is 160 Å². The number of aliphatic carboxylic acids is 1. The minimum absolute atomic E-state index is 0.0132. The third kappa shape index (κ3) is 6.09. The van der Waals surface area contributed by atoms with E-state index in [2.05, 4.69) is 15.3 Å². The molecule has 0 bridgehead atoms. The molecule has 14 heteroatoms. The standard InChI is InChI=1S/C21H20FN5O6S2/c22-7-8-32-15-3-1-13(2-4-15)9-18(20(28)29)27-11-14(25-26-27)12-33-16-5-6-17-19(10-16)34-21(24-17)35(23,30)31/h1-6,10-11,18H,7-9,12H2,(H,28,29)(H2,23,30,31). The van der Waals surface area contributed by atoms with E-state index in [0.717, 1.165) is 16.9 Å². The van der Waals surface area contributed by atoms with Crippen molar-refractivity contribution in [3.63, 3.8) is 0 Å². The molecule has 0 aliphatic carbocycles. The summed E-state index contributed by atoms with van der Waals surface area (Å²) in [5.41, 5.74) is 1.61. The number of primary sulfonamides is 1. The van der Waals surface area contributed by atoms with E-state index in [1.807, 2.05) is 0 Å². The van der Waals surface area contributed by atoms with Crippen LogP contribution in [0.3, 0.4) is 0 Å². The molecule has 11 nitrogen and oxygen atoms in total. The largest absolute Gasteiger partial charge is 0.491 e. The Hall–Kier alpha value is -3.62. The average molecular weight is 522 g/mol. The van der Waals surface area contributed by atoms with Crippen LogP contribution in [0.4, 0.5) is 4.39 Å². The number of carbonyl (C=O) groups is 1. The zero-order chi connectivity index (χ0) is 25.0. The van der Waals surface area contributed by atoms with E-state index >= 15 is 0 Å². The Bertz CT molecular complexity index is 1440. The van der Waals surface area contributed by atoms with E-state index < -0.39 is 28.7 Å². The monoisotopic (exact) mass is 521 g/mol. The fourth-order valence-corrected chi connectivity index (χ4v) is 4.86. The maximum Gasteiger partial charge on any atom is 0.328 e. The molecule has 0 radical (unpaired) electrons. The van der Waals surface area contributed by atoms with Gasteiger partial charge in [0.2, 0.25) is 4.34 Å². The Labute approximate surface area is 203 Å². The number of benzene rings is 2. The summed E-state index contributed by atoms with van der Waals surface area (Å²) in [6.07, 6.45) is 1.64. The Kier molecular flexibility index (Phi) is 7.23. The number of hydrogen-bond donors (Lipinski definition) is 2. The quantitative estimate of drug-likeness (QED) is 0.302. The first-order valence-electron chi connectivity index (χ1n) is 10.2. The van der Waals surface area contributed by atoms with Crippen LogP contribution in [0.2, 0.25) is 0 Å². The lowest BCUT2D eigenvalue weighted by molar-refractivity contribution is -0.141. The van der Waals surface area contributed by atoms with Crippen molar-refractivity contribution in [2.75, 3.05) is 13.3 Å². The summed E-state index contributed by atoms with van der Waals surface area (Å²) in [4.78, 5) is 15.8. The number of ether oxygens (including phenoxy) is 2. The van der Waals surface area contributed by atoms with Crippen molar-refractivity contribution >= 4 is 37.5 Å². The van der Waals surface area contributed by atoms with E-state index in [0.29, 0.717) is 27.4 Å². The lowest BCUT2D eigenvalue weighted by atomic mass is 10.1. The summed E-state index contributed by atoms with van der Waals surface area (Å²) in [7, 11) is -3.90. The lowest BCUT2D eigenvalue weighted by Gasteiger charge is -2.12. The highest BCUT2D eigenvalue weighted by Crippen LogP contribution is 2.28. The second kappa shape index (κ2) is 10.3. The molecule has 2 heterocycles. The van der Waals surface area contributed by atoms with Crippen LogP contribution in [0.5, 0.6) is 11.5 Å². The van der Waals surface area contributed by atoms with Crippen LogP contribution in [0, 0.1) is 0 Å². The molecular formula is C21H20FN5O6S2. The van der Waals surface area contributed by atoms with Crippen LogP contribution in [0.15, 0.2) is 53.0 Å². The Balaban J connectivity index is 1.42. The molecule has 35 heavy (non-hydrogen) atoms. The Morgan fingerprint density at radius 1 is 1.17 bits per heavy atom. The summed E-state index contributed by atoms with van der Waals surface area (Å²) in [6.45, 7) is -0.629. The van der Waals surface area contributed by atoms with Crippen molar-refractivity contribution in [3.8, 4) is 11.5 Å². The van der Waals surface area contributed by atoms with Gasteiger partial charge >= 0.3 is 5.97 Å². The van der Waals surface area contributed by atoms with Gasteiger partial charge in [-0.1, -0.05) is 17.3 Å². The van der Waals surface area contributed by atoms with Gasteiger partial charge in [0.25, 0.3) is 10.0 Å². The highest BCUT2D eigenvalue weighted by molar-refractivity contribution is 7.91. The molecule has 2 aromatic heterocycles. The van der Waals surface area contributed by atoms with Gasteiger partial charge in [0.05, 0.1) is 16.4 Å². The third-order valence-electron chi connectivity index (χ3n) is 4.83. The molecular weight excluding hydrogens is 501 g/mol. The van der Waals surface area contributed by atoms with E-state index in [1.54, 1.807) is 42.5 Å². The van der Waals surface area contributed by atoms with Gasteiger partial charge in [0, 0.05) is 6.42 Å². The number of thiazole rings is 1. The molecule has 0 spiro atoms. The van der Waals surface area contributed by atoms with Crippen molar-refractivity contribution in [2.24, 2.45) is 5.14 Å². The van der Waals surface area contributed by atoms with Gasteiger partial charge in [-0.25, -0.2) is 32.4 Å². The molecule has 0 saturated carbocycles. The summed E-state index contributed by atoms with van der Waals surface area (Å²) < 4.78 is 47.7. The summed E-state index contributed by atoms with van der Waals surface area (Å²) in [5.74, 6) is -0.140. The minimum atomic E-state index is -3.90. The van der Waals surface area contributed by atoms with E-state index in [1.165, 1.54) is 10.9 Å². The molecule has 4 aromatic rings. The second-order valence-electron chi connectivity index (χ2n) is 7.37. The van der Waals surface area contributed by atoms with Crippen LogP contribution in [-0.4, -0.2) is 52.8 Å². The molecule has 4 rings (SSSR count). The van der Waals surface area contributed by atoms with Crippen molar-refractivity contribution in [1.29, 1.82) is 0 Å². The van der Waals surface area contributed by atoms with E-state index in [9.17, 15) is 22.7 Å². The van der Waals surface area contributed by atoms with Crippen LogP contribution in [-0.2, 0) is 27.8 Å². The molecule has 0 amide bonds. The predicted molar refractivity (Wildman–Crippen MR) is 124 cm³/mol. The molecule has 0 aliphatic heterocycles. The number of carboxylic acids is 1. The molecule has 2 aromatic carbocycles. The lowest BCUT2D eigenvalue weighted by Crippen LogP contribution is -2.22. The molecule has 0 fully saturated rings. The molecule has 1 unspecified atom stereocenters. The maximum absolute atomic E-state index is 12.2. The molecule has 184 valence electrons. The molecule has 3 N–H and O–H groups in total. The molecule has 0 saturated heterocycles. The van der Waals surface area contributed by atoms with Crippen LogP contribution >= 0.6 is 11.3 Å². The van der Waals surface area contributed by atoms with Gasteiger partial charge in [0.1, 0.15) is 37.1 Å². The van der Waals surface area contributed by atoms with Crippen molar-refractivity contribution < 1.29 is 32.2 Å². The van der Waals surface area contributed by atoms with E-state index in [4.69, 9.17) is 14.6 Å². The van der Waals surface area contributed by atoms with Gasteiger partial charge in [-0.3, -0.25) is 0 Å². The number of rotatable bonds is 11. The highest BCUT2D eigenvalue weighted by Gasteiger charge is 2.22. The van der Waals surface area contributed by atoms with Crippen molar-refractivity contribution in [2.45, 2.75) is 23.4 Å². The number of hydrogen-bond acceptors (Lipinski definition) is 9. The second-order valence-corrected chi connectivity index (χ2v) is 10.1. The minimum Gasteiger partial charge on any atom is -0.491 e. The van der Waals surface area contributed by atoms with E-state index in [-0.39, 0.29) is 24.0 Å². The number of nitrogens with zero attached hydrogens (tertiary/aromatic N) is 4. The number of sulfonamides is 1. The Morgan fingerprint density at radius 2 is 1.91 bits per heavy atom. The number of halogens is 1. The van der Waals surface area contributed by atoms with Crippen LogP contribution in [0.1, 0.15) is 17.3 Å². The van der Waals surface area contributed by atoms with Crippen molar-refractivity contribution in [3.05, 3.63) is 59.9 Å². The molecule has 0 aliphatic rings. The fraction of sp³-hybridized carbons (Fsp3) is 0.238. The normalized spacial score (nSPS) is 12.5. The first-order valence-corrected chi connectivity index (χ1v) is 12.6. The smallest absolute Gasteiger partial charge is 0.328 e. The number of fused-ring (bicyclic) bond motifs is 1. The van der Waals surface area contributed by atoms with Crippen LogP contribution in [0.25, 0.3) is 10.2 Å². The third-order valence-corrected chi connectivity index (χ3v) is 7.17. The SMILES string of the molecule is NS(=O)(=O)c1nc2ccc(OCc3cn(C(Cc4ccc(OCCF)cc4)C(=O)O)nn3)cc2s1. The van der Waals surface area contributed by atoms with Crippen LogP contribution < -0.4 is 14.6 Å². The summed E-state index contributed by atoms with van der Waals surface area (Å²) >= 11 is 0.931. The fourth-order valence-electron chi connectivity index (χ4n) is 3.18. The van der Waals surface area contributed by atoms with Gasteiger partial charge < -0.3 is 14.6 Å². The highest BCUT2D eigenvalue weighted by atomic mass is 32.2. The maximum atomic E-state index is 12.2. The number of aromatic nitrogens is 4. The summed E-state index contributed by atoms with van der Waals surface area (Å²) in [6, 6.07) is 10.6. The first kappa shape index (κ1) is 24.5. The van der Waals surface area contributed by atoms with Gasteiger partial charge in [-0.05, 0) is 35.9 Å². The van der Waals surface area contributed by atoms with Gasteiger partial charge in [0.15, 0.2) is 6.04 Å². The van der Waals surface area contributed by atoms with Gasteiger partial charge in [-0.2, -0.15) is 0 Å². The van der Waals surface area contributed by atoms with Gasteiger partial charge in [-0.15, -0.1) is 16.4 Å². The zero-order valence-electron chi connectivity index (χ0n) is 18.1. The zero-order valence-corrected chi connectivity index (χ0v) is 19.7. The number of nitrogens with two attached hydrogens (primary N) is 1. The number of alkyl halides is 1. The molecule has 1 atom stereocenters. The average Bonchev–Trinajstić information content (AvgIpc) is 3.47. The Morgan fingerprint density at radius 3 is 2.60 bits per heavy atom.